The van der Waals surface area contributed by atoms with Crippen LogP contribution in [0.4, 0.5) is 0 Å². The second-order valence-electron chi connectivity index (χ2n) is 1.51. The summed E-state index contributed by atoms with van der Waals surface area (Å²) in [4.78, 5) is 10.2. The molecule has 0 spiro atoms. The van der Waals surface area contributed by atoms with Gasteiger partial charge in [-0.05, 0) is 6.92 Å². The first-order chi connectivity index (χ1) is 4.77. The van der Waals surface area contributed by atoms with Gasteiger partial charge in [-0.25, -0.2) is 0 Å². The zero-order valence-electron chi connectivity index (χ0n) is 7.27. The minimum atomic E-state index is 0.0168. The van der Waals surface area contributed by atoms with Crippen molar-refractivity contribution in [3.8, 4) is 0 Å². The molecule has 0 aromatic rings. The Morgan fingerprint density at radius 3 is 2.30 bits per heavy atom. The maximum atomic E-state index is 10.2. The Bertz CT molecular complexity index is 97.4. The van der Waals surface area contributed by atoms with Crippen molar-refractivity contribution in [3.05, 3.63) is 12.2 Å². The van der Waals surface area contributed by atoms with E-state index < -0.39 is 0 Å². The van der Waals surface area contributed by atoms with E-state index in [1.54, 1.807) is 0 Å². The molecular weight excluding hydrogens is 126 g/mol. The van der Waals surface area contributed by atoms with E-state index in [9.17, 15) is 4.79 Å². The van der Waals surface area contributed by atoms with Gasteiger partial charge in [-0.2, -0.15) is 0 Å². The highest BCUT2D eigenvalue weighted by molar-refractivity contribution is 5.72. The lowest BCUT2D eigenvalue weighted by molar-refractivity contribution is -0.118. The fourth-order valence-corrected chi connectivity index (χ4v) is 0.321. The summed E-state index contributed by atoms with van der Waals surface area (Å²) in [5.74, 6) is 0.0168. The molecule has 0 rings (SSSR count). The van der Waals surface area contributed by atoms with Crippen LogP contribution in [0, 0.1) is 0 Å². The van der Waals surface area contributed by atoms with Crippen molar-refractivity contribution in [2.45, 2.75) is 27.7 Å². The summed E-state index contributed by atoms with van der Waals surface area (Å²) in [5.41, 5.74) is 0. The zero-order valence-corrected chi connectivity index (χ0v) is 7.27. The summed E-state index contributed by atoms with van der Waals surface area (Å²) in [6.07, 6.45) is 3.79. The lowest BCUT2D eigenvalue weighted by Crippen LogP contribution is -2.19. The SMILES string of the molecule is C/C=C/CNC(C)=O.CC. The predicted molar refractivity (Wildman–Crippen MR) is 44.8 cm³/mol. The second kappa shape index (κ2) is 11.1. The number of allylic oxidation sites excluding steroid dienone is 1. The highest BCUT2D eigenvalue weighted by Crippen LogP contribution is 1.66. The molecule has 0 fully saturated rings. The van der Waals surface area contributed by atoms with Crippen molar-refractivity contribution in [1.82, 2.24) is 5.32 Å². The number of carbonyl (C=O) groups excluding carboxylic acids is 1. The van der Waals surface area contributed by atoms with Gasteiger partial charge in [-0.3, -0.25) is 4.79 Å². The largest absolute Gasteiger partial charge is 0.353 e. The Morgan fingerprint density at radius 1 is 1.50 bits per heavy atom. The molecule has 0 aliphatic carbocycles. The van der Waals surface area contributed by atoms with Crippen molar-refractivity contribution in [2.75, 3.05) is 6.54 Å². The zero-order chi connectivity index (χ0) is 8.41. The summed E-state index contributed by atoms with van der Waals surface area (Å²) in [6.45, 7) is 8.07. The van der Waals surface area contributed by atoms with Gasteiger partial charge in [0.05, 0.1) is 0 Å². The quantitative estimate of drug-likeness (QED) is 0.586. The van der Waals surface area contributed by atoms with Crippen LogP contribution in [0.15, 0.2) is 12.2 Å². The van der Waals surface area contributed by atoms with Crippen LogP contribution in [-0.2, 0) is 4.79 Å². The molecule has 1 N–H and O–H groups in total. The van der Waals surface area contributed by atoms with Gasteiger partial charge in [0, 0.05) is 13.5 Å². The highest BCUT2D eigenvalue weighted by Gasteiger charge is 1.81. The van der Waals surface area contributed by atoms with E-state index in [0.29, 0.717) is 6.54 Å². The molecule has 0 aliphatic heterocycles. The molecule has 0 saturated heterocycles. The van der Waals surface area contributed by atoms with Crippen LogP contribution in [0.1, 0.15) is 27.7 Å². The van der Waals surface area contributed by atoms with Crippen LogP contribution in [-0.4, -0.2) is 12.5 Å². The Labute approximate surface area is 63.3 Å². The molecule has 0 aromatic heterocycles. The molecule has 0 bridgehead atoms. The maximum Gasteiger partial charge on any atom is 0.217 e. The van der Waals surface area contributed by atoms with E-state index in [1.165, 1.54) is 6.92 Å². The normalized spacial score (nSPS) is 8.40. The lowest BCUT2D eigenvalue weighted by Gasteiger charge is -1.91. The van der Waals surface area contributed by atoms with E-state index in [2.05, 4.69) is 5.32 Å². The summed E-state index contributed by atoms with van der Waals surface area (Å²) in [5, 5.41) is 2.62. The number of hydrogen-bond acceptors (Lipinski definition) is 1. The standard InChI is InChI=1S/C6H11NO.C2H6/c1-3-4-5-7-6(2)8;1-2/h3-4H,5H2,1-2H3,(H,7,8);1-2H3/b4-3+;. The molecule has 1 amide bonds. The van der Waals surface area contributed by atoms with Crippen LogP contribution in [0.3, 0.4) is 0 Å². The smallest absolute Gasteiger partial charge is 0.217 e. The van der Waals surface area contributed by atoms with E-state index in [-0.39, 0.29) is 5.91 Å². The Kier molecular flexibility index (Phi) is 13.2. The molecule has 0 aromatic carbocycles. The number of hydrogen-bond donors (Lipinski definition) is 1. The molecule has 2 nitrogen and oxygen atoms in total. The molecule has 0 atom stereocenters. The summed E-state index contributed by atoms with van der Waals surface area (Å²) >= 11 is 0. The molecule has 60 valence electrons. The molecule has 0 unspecified atom stereocenters. The summed E-state index contributed by atoms with van der Waals surface area (Å²) < 4.78 is 0. The molecule has 2 heteroatoms. The lowest BCUT2D eigenvalue weighted by atomic mass is 10.5. The second-order valence-corrected chi connectivity index (χ2v) is 1.51. The third-order valence-electron chi connectivity index (χ3n) is 0.705. The van der Waals surface area contributed by atoms with E-state index in [4.69, 9.17) is 0 Å². The Balaban J connectivity index is 0. The predicted octanol–water partition coefficient (Wildman–Crippen LogP) is 1.72. The summed E-state index contributed by atoms with van der Waals surface area (Å²) in [6, 6.07) is 0. The monoisotopic (exact) mass is 143 g/mol. The van der Waals surface area contributed by atoms with Crippen molar-refractivity contribution in [3.63, 3.8) is 0 Å². The average Bonchev–Trinajstić information content (AvgIpc) is 1.92. The fraction of sp³-hybridized carbons (Fsp3) is 0.625. The van der Waals surface area contributed by atoms with E-state index >= 15 is 0 Å². The minimum Gasteiger partial charge on any atom is -0.353 e. The topological polar surface area (TPSA) is 29.1 Å². The van der Waals surface area contributed by atoms with E-state index in [0.717, 1.165) is 0 Å². The van der Waals surface area contributed by atoms with Gasteiger partial charge in [0.1, 0.15) is 0 Å². The van der Waals surface area contributed by atoms with Crippen LogP contribution < -0.4 is 5.32 Å². The molecule has 0 aliphatic rings. The van der Waals surface area contributed by atoms with Gasteiger partial charge in [0.15, 0.2) is 0 Å². The van der Waals surface area contributed by atoms with Crippen LogP contribution in [0.5, 0.6) is 0 Å². The molecule has 0 saturated carbocycles. The van der Waals surface area contributed by atoms with Crippen molar-refractivity contribution in [2.24, 2.45) is 0 Å². The van der Waals surface area contributed by atoms with Crippen LogP contribution >= 0.6 is 0 Å². The highest BCUT2D eigenvalue weighted by atomic mass is 16.1. The number of nitrogens with one attached hydrogen (secondary N) is 1. The number of carbonyl (C=O) groups is 1. The van der Waals surface area contributed by atoms with Crippen LogP contribution in [0.2, 0.25) is 0 Å². The first-order valence-electron chi connectivity index (χ1n) is 3.63. The Hall–Kier alpha value is -0.790. The van der Waals surface area contributed by atoms with E-state index in [1.807, 2.05) is 32.9 Å². The van der Waals surface area contributed by atoms with Gasteiger partial charge in [-0.15, -0.1) is 0 Å². The third-order valence-corrected chi connectivity index (χ3v) is 0.705. The summed E-state index contributed by atoms with van der Waals surface area (Å²) in [7, 11) is 0. The van der Waals surface area contributed by atoms with Crippen molar-refractivity contribution >= 4 is 5.91 Å². The molecule has 0 heterocycles. The van der Waals surface area contributed by atoms with Gasteiger partial charge in [-0.1, -0.05) is 26.0 Å². The van der Waals surface area contributed by atoms with Gasteiger partial charge < -0.3 is 5.32 Å². The molecule has 0 radical (unpaired) electrons. The van der Waals surface area contributed by atoms with Gasteiger partial charge in [0.25, 0.3) is 0 Å². The fourth-order valence-electron chi connectivity index (χ4n) is 0.321. The van der Waals surface area contributed by atoms with Gasteiger partial charge >= 0.3 is 0 Å². The van der Waals surface area contributed by atoms with Crippen molar-refractivity contribution < 1.29 is 4.79 Å². The van der Waals surface area contributed by atoms with Gasteiger partial charge in [0.2, 0.25) is 5.91 Å². The molecule has 10 heavy (non-hydrogen) atoms. The Morgan fingerprint density at radius 2 is 2.00 bits per heavy atom. The molecular formula is C8H17NO. The third kappa shape index (κ3) is 15.7. The number of amides is 1. The maximum absolute atomic E-state index is 10.2. The van der Waals surface area contributed by atoms with Crippen molar-refractivity contribution in [1.29, 1.82) is 0 Å². The first-order valence-corrected chi connectivity index (χ1v) is 3.63. The number of rotatable bonds is 2. The minimum absolute atomic E-state index is 0.0168. The van der Waals surface area contributed by atoms with Crippen LogP contribution in [0.25, 0.3) is 0 Å². The first kappa shape index (κ1) is 11.9. The average molecular weight is 143 g/mol.